The molecule has 2 aliphatic heterocycles. The molecule has 0 bridgehead atoms. The first kappa shape index (κ1) is 10.4. The summed E-state index contributed by atoms with van der Waals surface area (Å²) in [5.74, 6) is 0.475. The van der Waals surface area contributed by atoms with Gasteiger partial charge in [-0.05, 0) is 19.3 Å². The van der Waals surface area contributed by atoms with Crippen LogP contribution in [-0.4, -0.2) is 45.3 Å². The third-order valence-electron chi connectivity index (χ3n) is 2.73. The fraction of sp³-hybridized carbons (Fsp3) is 1.00. The van der Waals surface area contributed by atoms with Gasteiger partial charge in [0.25, 0.3) is 0 Å². The highest BCUT2D eigenvalue weighted by molar-refractivity contribution is 7.91. The van der Waals surface area contributed by atoms with Crippen molar-refractivity contribution in [3.63, 3.8) is 0 Å². The lowest BCUT2D eigenvalue weighted by molar-refractivity contribution is -0.0112. The van der Waals surface area contributed by atoms with Crippen LogP contribution in [0.25, 0.3) is 0 Å². The fourth-order valence-electron chi connectivity index (χ4n) is 1.91. The highest BCUT2D eigenvalue weighted by Gasteiger charge is 2.29. The van der Waals surface area contributed by atoms with Crippen LogP contribution >= 0.6 is 0 Å². The third-order valence-corrected chi connectivity index (χ3v) is 4.47. The van der Waals surface area contributed by atoms with E-state index in [2.05, 4.69) is 0 Å². The second kappa shape index (κ2) is 4.16. The lowest BCUT2D eigenvalue weighted by atomic mass is 10.2. The smallest absolute Gasteiger partial charge is 0.152 e. The maximum atomic E-state index is 11.1. The number of hydrogen-bond acceptors (Lipinski definition) is 4. The summed E-state index contributed by atoms with van der Waals surface area (Å²) in [5, 5.41) is 0. The molecule has 2 saturated heterocycles. The van der Waals surface area contributed by atoms with Gasteiger partial charge in [-0.2, -0.15) is 0 Å². The molecule has 2 heterocycles. The molecule has 2 fully saturated rings. The number of sulfone groups is 1. The molecule has 0 saturated carbocycles. The normalized spacial score (nSPS) is 36.3. The van der Waals surface area contributed by atoms with Crippen molar-refractivity contribution < 1.29 is 17.9 Å². The first-order valence-electron chi connectivity index (χ1n) is 5.09. The minimum Gasteiger partial charge on any atom is -0.376 e. The Morgan fingerprint density at radius 2 is 2.21 bits per heavy atom. The Morgan fingerprint density at radius 3 is 2.79 bits per heavy atom. The summed E-state index contributed by atoms with van der Waals surface area (Å²) in [5.41, 5.74) is 0. The predicted octanol–water partition coefficient (Wildman–Crippen LogP) is 0.369. The van der Waals surface area contributed by atoms with Gasteiger partial charge in [0.05, 0.1) is 30.3 Å². The molecular formula is C9H16O4S. The van der Waals surface area contributed by atoms with Gasteiger partial charge < -0.3 is 9.47 Å². The summed E-state index contributed by atoms with van der Waals surface area (Å²) >= 11 is 0. The molecule has 0 spiro atoms. The molecule has 2 unspecified atom stereocenters. The van der Waals surface area contributed by atoms with Crippen molar-refractivity contribution in [2.24, 2.45) is 0 Å². The fourth-order valence-corrected chi connectivity index (χ4v) is 3.53. The third kappa shape index (κ3) is 2.68. The van der Waals surface area contributed by atoms with Crippen molar-refractivity contribution >= 4 is 9.84 Å². The van der Waals surface area contributed by atoms with Gasteiger partial charge in [0.2, 0.25) is 0 Å². The van der Waals surface area contributed by atoms with Gasteiger partial charge >= 0.3 is 0 Å². The molecule has 0 aromatic rings. The molecule has 2 aliphatic rings. The van der Waals surface area contributed by atoms with Crippen LogP contribution in [0.2, 0.25) is 0 Å². The molecule has 2 atom stereocenters. The van der Waals surface area contributed by atoms with Gasteiger partial charge in [0.15, 0.2) is 9.84 Å². The predicted molar refractivity (Wildman–Crippen MR) is 52.0 cm³/mol. The standard InChI is InChI=1S/C9H16O4S/c10-14(11)5-3-9(7-14)13-6-8-2-1-4-12-8/h8-9H,1-7H2. The van der Waals surface area contributed by atoms with Crippen molar-refractivity contribution in [2.75, 3.05) is 24.7 Å². The van der Waals surface area contributed by atoms with Crippen LogP contribution in [0.3, 0.4) is 0 Å². The van der Waals surface area contributed by atoms with Crippen molar-refractivity contribution in [1.29, 1.82) is 0 Å². The molecule has 0 N–H and O–H groups in total. The van der Waals surface area contributed by atoms with Gasteiger partial charge in [-0.15, -0.1) is 0 Å². The molecule has 4 nitrogen and oxygen atoms in total. The van der Waals surface area contributed by atoms with Gasteiger partial charge in [-0.25, -0.2) is 8.42 Å². The maximum absolute atomic E-state index is 11.1. The lowest BCUT2D eigenvalue weighted by Gasteiger charge is -2.13. The number of ether oxygens (including phenoxy) is 2. The van der Waals surface area contributed by atoms with Gasteiger partial charge in [0, 0.05) is 6.61 Å². The second-order valence-electron chi connectivity index (χ2n) is 3.99. The second-order valence-corrected chi connectivity index (χ2v) is 6.22. The van der Waals surface area contributed by atoms with E-state index >= 15 is 0 Å². The minimum atomic E-state index is -2.81. The largest absolute Gasteiger partial charge is 0.376 e. The zero-order valence-corrected chi connectivity index (χ0v) is 8.96. The first-order chi connectivity index (χ1) is 6.66. The SMILES string of the molecule is O=S1(=O)CCC(OCC2CCCO2)C1. The molecule has 0 aromatic carbocycles. The summed E-state index contributed by atoms with van der Waals surface area (Å²) in [6, 6.07) is 0. The van der Waals surface area contributed by atoms with E-state index in [1.165, 1.54) is 0 Å². The monoisotopic (exact) mass is 220 g/mol. The van der Waals surface area contributed by atoms with E-state index in [4.69, 9.17) is 9.47 Å². The molecular weight excluding hydrogens is 204 g/mol. The number of rotatable bonds is 3. The Hall–Kier alpha value is -0.130. The maximum Gasteiger partial charge on any atom is 0.152 e. The van der Waals surface area contributed by atoms with Crippen LogP contribution in [0.1, 0.15) is 19.3 Å². The Labute approximate surface area is 84.5 Å². The molecule has 0 aliphatic carbocycles. The zero-order chi connectivity index (χ0) is 10.0. The van der Waals surface area contributed by atoms with Crippen LogP contribution < -0.4 is 0 Å². The van der Waals surface area contributed by atoms with E-state index in [-0.39, 0.29) is 23.7 Å². The van der Waals surface area contributed by atoms with Gasteiger partial charge in [0.1, 0.15) is 0 Å². The summed E-state index contributed by atoms with van der Waals surface area (Å²) < 4.78 is 33.2. The summed E-state index contributed by atoms with van der Waals surface area (Å²) in [7, 11) is -2.81. The van der Waals surface area contributed by atoms with Gasteiger partial charge in [-0.1, -0.05) is 0 Å². The molecule has 2 rings (SSSR count). The summed E-state index contributed by atoms with van der Waals surface area (Å²) in [6.45, 7) is 1.37. The van der Waals surface area contributed by atoms with E-state index in [0.717, 1.165) is 19.4 Å². The van der Waals surface area contributed by atoms with Crippen molar-refractivity contribution in [2.45, 2.75) is 31.5 Å². The van der Waals surface area contributed by atoms with Crippen LogP contribution in [0, 0.1) is 0 Å². The van der Waals surface area contributed by atoms with Crippen molar-refractivity contribution in [3.8, 4) is 0 Å². The highest BCUT2D eigenvalue weighted by atomic mass is 32.2. The molecule has 82 valence electrons. The summed E-state index contributed by atoms with van der Waals surface area (Å²) in [6.07, 6.45) is 2.88. The van der Waals surface area contributed by atoms with Crippen molar-refractivity contribution in [3.05, 3.63) is 0 Å². The van der Waals surface area contributed by atoms with Crippen LogP contribution in [0.15, 0.2) is 0 Å². The highest BCUT2D eigenvalue weighted by Crippen LogP contribution is 2.18. The lowest BCUT2D eigenvalue weighted by Crippen LogP contribution is -2.22. The molecule has 5 heteroatoms. The van der Waals surface area contributed by atoms with E-state index in [9.17, 15) is 8.42 Å². The average molecular weight is 220 g/mol. The zero-order valence-electron chi connectivity index (χ0n) is 8.15. The minimum absolute atomic E-state index is 0.0933. The van der Waals surface area contributed by atoms with Crippen LogP contribution in [0.5, 0.6) is 0 Å². The van der Waals surface area contributed by atoms with Gasteiger partial charge in [-0.3, -0.25) is 0 Å². The van der Waals surface area contributed by atoms with E-state index in [1.807, 2.05) is 0 Å². The Bertz CT molecular complexity index is 279. The molecule has 0 amide bonds. The Kier molecular flexibility index (Phi) is 3.09. The number of hydrogen-bond donors (Lipinski definition) is 0. The molecule has 0 aromatic heterocycles. The molecule has 14 heavy (non-hydrogen) atoms. The van der Waals surface area contributed by atoms with E-state index in [1.54, 1.807) is 0 Å². The summed E-state index contributed by atoms with van der Waals surface area (Å²) in [4.78, 5) is 0. The van der Waals surface area contributed by atoms with E-state index in [0.29, 0.717) is 13.0 Å². The van der Waals surface area contributed by atoms with Crippen LogP contribution in [0.4, 0.5) is 0 Å². The quantitative estimate of drug-likeness (QED) is 0.689. The van der Waals surface area contributed by atoms with Crippen molar-refractivity contribution in [1.82, 2.24) is 0 Å². The Balaban J connectivity index is 1.71. The Morgan fingerprint density at radius 1 is 1.36 bits per heavy atom. The first-order valence-corrected chi connectivity index (χ1v) is 6.91. The average Bonchev–Trinajstić information content (AvgIpc) is 2.70. The van der Waals surface area contributed by atoms with E-state index < -0.39 is 9.84 Å². The van der Waals surface area contributed by atoms with Crippen LogP contribution in [-0.2, 0) is 19.3 Å². The molecule has 0 radical (unpaired) electrons. The topological polar surface area (TPSA) is 52.6 Å².